The van der Waals surface area contributed by atoms with Crippen molar-refractivity contribution < 1.29 is 23.5 Å². The minimum absolute atomic E-state index is 0.0397. The van der Waals surface area contributed by atoms with E-state index in [-0.39, 0.29) is 23.7 Å². The number of esters is 1. The van der Waals surface area contributed by atoms with Gasteiger partial charge in [0.1, 0.15) is 11.6 Å². The van der Waals surface area contributed by atoms with Gasteiger partial charge in [0.15, 0.2) is 12.4 Å². The van der Waals surface area contributed by atoms with E-state index in [1.54, 1.807) is 24.3 Å². The maximum Gasteiger partial charge on any atom is 0.343 e. The molecule has 0 spiro atoms. The van der Waals surface area contributed by atoms with Gasteiger partial charge in [0.25, 0.3) is 5.91 Å². The molecule has 0 unspecified atom stereocenters. The molecule has 1 N–H and O–H groups in total. The predicted molar refractivity (Wildman–Crippen MR) is 131 cm³/mol. The summed E-state index contributed by atoms with van der Waals surface area (Å²) in [5, 5.41) is 4.59. The van der Waals surface area contributed by atoms with Crippen LogP contribution in [0.4, 0.5) is 4.39 Å². The number of nitrogens with zero attached hydrogens (tertiary/aromatic N) is 1. The van der Waals surface area contributed by atoms with Crippen molar-refractivity contribution in [2.24, 2.45) is 5.10 Å². The molecule has 0 atom stereocenters. The lowest BCUT2D eigenvalue weighted by Crippen LogP contribution is -2.24. The van der Waals surface area contributed by atoms with Gasteiger partial charge in [-0.15, -0.1) is 0 Å². The van der Waals surface area contributed by atoms with Gasteiger partial charge in [-0.3, -0.25) is 4.79 Å². The average molecular weight is 619 g/mol. The van der Waals surface area contributed by atoms with E-state index >= 15 is 0 Å². The summed E-state index contributed by atoms with van der Waals surface area (Å²) in [7, 11) is 0. The Morgan fingerprint density at radius 1 is 1.09 bits per heavy atom. The van der Waals surface area contributed by atoms with Gasteiger partial charge in [-0.1, -0.05) is 45.2 Å². The van der Waals surface area contributed by atoms with Gasteiger partial charge in [-0.25, -0.2) is 14.6 Å². The maximum atomic E-state index is 13.4. The van der Waals surface area contributed by atoms with E-state index in [0.29, 0.717) is 24.6 Å². The van der Waals surface area contributed by atoms with Crippen molar-refractivity contribution in [2.75, 3.05) is 6.61 Å². The highest BCUT2D eigenvalue weighted by atomic mass is 79.9. The van der Waals surface area contributed by atoms with Crippen LogP contribution in [0.2, 0.25) is 10.0 Å². The molecule has 0 saturated carbocycles. The van der Waals surface area contributed by atoms with Gasteiger partial charge in [0.05, 0.1) is 21.3 Å². The molecule has 0 aliphatic rings. The SMILES string of the molecule is O=C(COc1cc(Cl)ccc1Cl)N/N=C/c1cc(Br)cc(Br)c1OC(=O)c1cccc(F)c1. The van der Waals surface area contributed by atoms with Crippen LogP contribution in [0.15, 0.2) is 68.6 Å². The molecule has 0 aliphatic carbocycles. The highest BCUT2D eigenvalue weighted by molar-refractivity contribution is 9.11. The molecule has 6 nitrogen and oxygen atoms in total. The topological polar surface area (TPSA) is 77.0 Å². The summed E-state index contributed by atoms with van der Waals surface area (Å²) >= 11 is 18.5. The lowest BCUT2D eigenvalue weighted by Gasteiger charge is -2.11. The first-order chi connectivity index (χ1) is 15.7. The number of carbonyl (C=O) groups excluding carboxylic acids is 2. The van der Waals surface area contributed by atoms with E-state index in [9.17, 15) is 14.0 Å². The first kappa shape index (κ1) is 25.2. The number of hydrazone groups is 1. The molecule has 0 saturated heterocycles. The second-order valence-electron chi connectivity index (χ2n) is 6.36. The molecule has 0 radical (unpaired) electrons. The lowest BCUT2D eigenvalue weighted by molar-refractivity contribution is -0.123. The Kier molecular flexibility index (Phi) is 8.85. The number of hydrogen-bond acceptors (Lipinski definition) is 5. The second-order valence-corrected chi connectivity index (χ2v) is 8.98. The molecule has 170 valence electrons. The summed E-state index contributed by atoms with van der Waals surface area (Å²) in [6, 6.07) is 13.0. The third-order valence-corrected chi connectivity index (χ3v) is 5.53. The molecular formula is C22H13Br2Cl2FN2O4. The third-order valence-electron chi connectivity index (χ3n) is 3.94. The normalized spacial score (nSPS) is 10.8. The minimum Gasteiger partial charge on any atom is -0.482 e. The summed E-state index contributed by atoms with van der Waals surface area (Å²) in [4.78, 5) is 24.5. The molecule has 0 heterocycles. The number of hydrogen-bond donors (Lipinski definition) is 1. The molecule has 1 amide bonds. The van der Waals surface area contributed by atoms with Crippen LogP contribution in [0.1, 0.15) is 15.9 Å². The quantitative estimate of drug-likeness (QED) is 0.144. The zero-order valence-electron chi connectivity index (χ0n) is 16.5. The van der Waals surface area contributed by atoms with Crippen molar-refractivity contribution in [3.63, 3.8) is 0 Å². The zero-order valence-corrected chi connectivity index (χ0v) is 21.1. The van der Waals surface area contributed by atoms with Crippen molar-refractivity contribution in [1.29, 1.82) is 0 Å². The zero-order chi connectivity index (χ0) is 24.0. The van der Waals surface area contributed by atoms with Crippen molar-refractivity contribution in [1.82, 2.24) is 5.43 Å². The van der Waals surface area contributed by atoms with Crippen LogP contribution in [0.25, 0.3) is 0 Å². The molecule has 0 aliphatic heterocycles. The fourth-order valence-corrected chi connectivity index (χ4v) is 4.16. The van der Waals surface area contributed by atoms with E-state index in [4.69, 9.17) is 32.7 Å². The van der Waals surface area contributed by atoms with Crippen LogP contribution in [-0.2, 0) is 4.79 Å². The first-order valence-electron chi connectivity index (χ1n) is 9.09. The Hall–Kier alpha value is -2.46. The number of ether oxygens (including phenoxy) is 2. The van der Waals surface area contributed by atoms with Gasteiger partial charge in [-0.2, -0.15) is 5.10 Å². The molecule has 3 aromatic carbocycles. The number of halogens is 5. The molecule has 0 bridgehead atoms. The van der Waals surface area contributed by atoms with Crippen molar-refractivity contribution >= 4 is 73.2 Å². The first-order valence-corrected chi connectivity index (χ1v) is 11.4. The minimum atomic E-state index is -0.761. The summed E-state index contributed by atoms with van der Waals surface area (Å²) in [6.07, 6.45) is 1.29. The lowest BCUT2D eigenvalue weighted by atomic mass is 10.2. The summed E-state index contributed by atoms with van der Waals surface area (Å²) in [5.74, 6) is -1.50. The van der Waals surface area contributed by atoms with Gasteiger partial charge in [0, 0.05) is 21.1 Å². The highest BCUT2D eigenvalue weighted by Crippen LogP contribution is 2.33. The van der Waals surface area contributed by atoms with Crippen molar-refractivity contribution in [3.8, 4) is 11.5 Å². The average Bonchev–Trinajstić information content (AvgIpc) is 2.76. The molecule has 3 rings (SSSR count). The van der Waals surface area contributed by atoms with Gasteiger partial charge in [-0.05, 0) is 58.4 Å². The van der Waals surface area contributed by atoms with Gasteiger partial charge >= 0.3 is 5.97 Å². The van der Waals surface area contributed by atoms with Crippen molar-refractivity contribution in [3.05, 3.63) is 90.5 Å². The van der Waals surface area contributed by atoms with Crippen LogP contribution < -0.4 is 14.9 Å². The second kappa shape index (κ2) is 11.6. The fourth-order valence-electron chi connectivity index (χ4n) is 2.49. The Morgan fingerprint density at radius 2 is 1.88 bits per heavy atom. The molecular weight excluding hydrogens is 606 g/mol. The van der Waals surface area contributed by atoms with Crippen LogP contribution in [0, 0.1) is 5.82 Å². The Balaban J connectivity index is 1.69. The fraction of sp³-hybridized carbons (Fsp3) is 0.0455. The van der Waals surface area contributed by atoms with Gasteiger partial charge < -0.3 is 9.47 Å². The number of carbonyl (C=O) groups is 2. The Labute approximate surface area is 214 Å². The van der Waals surface area contributed by atoms with E-state index in [1.165, 1.54) is 30.5 Å². The number of rotatable bonds is 7. The molecule has 3 aromatic rings. The summed E-state index contributed by atoms with van der Waals surface area (Å²) in [5.41, 5.74) is 2.70. The highest BCUT2D eigenvalue weighted by Gasteiger charge is 2.16. The van der Waals surface area contributed by atoms with E-state index in [0.717, 1.165) is 6.07 Å². The van der Waals surface area contributed by atoms with E-state index < -0.39 is 17.7 Å². The van der Waals surface area contributed by atoms with E-state index in [2.05, 4.69) is 42.4 Å². The molecule has 0 fully saturated rings. The standard InChI is InChI=1S/C22H13Br2Cl2FN2O4/c23-14-6-13(10-28-29-20(30)11-32-19-9-15(25)4-5-18(19)26)21(17(24)8-14)33-22(31)12-2-1-3-16(27)7-12/h1-10H,11H2,(H,29,30)/b28-10+. The summed E-state index contributed by atoms with van der Waals surface area (Å²) < 4.78 is 25.3. The third kappa shape index (κ3) is 7.26. The predicted octanol–water partition coefficient (Wildman–Crippen LogP) is 6.41. The number of amides is 1. The molecule has 11 heteroatoms. The monoisotopic (exact) mass is 616 g/mol. The van der Waals surface area contributed by atoms with Gasteiger partial charge in [0.2, 0.25) is 0 Å². The van der Waals surface area contributed by atoms with Crippen LogP contribution >= 0.6 is 55.1 Å². The van der Waals surface area contributed by atoms with Crippen LogP contribution in [-0.4, -0.2) is 24.7 Å². The smallest absolute Gasteiger partial charge is 0.343 e. The van der Waals surface area contributed by atoms with Crippen LogP contribution in [0.3, 0.4) is 0 Å². The number of nitrogens with one attached hydrogen (secondary N) is 1. The largest absolute Gasteiger partial charge is 0.482 e. The maximum absolute atomic E-state index is 13.4. The molecule has 33 heavy (non-hydrogen) atoms. The number of benzene rings is 3. The Morgan fingerprint density at radius 3 is 2.64 bits per heavy atom. The van der Waals surface area contributed by atoms with Crippen LogP contribution in [0.5, 0.6) is 11.5 Å². The summed E-state index contributed by atoms with van der Waals surface area (Å²) in [6.45, 7) is -0.360. The van der Waals surface area contributed by atoms with Crippen molar-refractivity contribution in [2.45, 2.75) is 0 Å². The van der Waals surface area contributed by atoms with E-state index in [1.807, 2.05) is 0 Å². The Bertz CT molecular complexity index is 1240. The molecule has 0 aromatic heterocycles.